The predicted octanol–water partition coefficient (Wildman–Crippen LogP) is 1.29. The molecule has 2 aromatic carbocycles. The maximum atomic E-state index is 12.2. The van der Waals surface area contributed by atoms with Gasteiger partial charge in [-0.25, -0.2) is 0 Å². The second-order valence-corrected chi connectivity index (χ2v) is 7.76. The van der Waals surface area contributed by atoms with Crippen LogP contribution in [0.2, 0.25) is 0 Å². The zero-order valence-electron chi connectivity index (χ0n) is 18.2. The van der Waals surface area contributed by atoms with E-state index >= 15 is 0 Å². The summed E-state index contributed by atoms with van der Waals surface area (Å²) in [7, 11) is 1.65. The van der Waals surface area contributed by atoms with Gasteiger partial charge in [0.1, 0.15) is 5.75 Å². The third-order valence-corrected chi connectivity index (χ3v) is 5.43. The number of piperazine rings is 1. The van der Waals surface area contributed by atoms with Crippen molar-refractivity contribution in [3.8, 4) is 5.75 Å². The van der Waals surface area contributed by atoms with E-state index < -0.39 is 0 Å². The largest absolute Gasteiger partial charge is 0.497 e. The highest BCUT2D eigenvalue weighted by Gasteiger charge is 2.20. The minimum absolute atomic E-state index is 0.0357. The van der Waals surface area contributed by atoms with E-state index in [1.807, 2.05) is 54.6 Å². The quantitative estimate of drug-likeness (QED) is 0.601. The molecule has 0 bridgehead atoms. The molecule has 1 aliphatic heterocycles. The Kier molecular flexibility index (Phi) is 8.87. The summed E-state index contributed by atoms with van der Waals surface area (Å²) >= 11 is 0. The van der Waals surface area contributed by atoms with Crippen LogP contribution in [-0.4, -0.2) is 74.5 Å². The van der Waals surface area contributed by atoms with Gasteiger partial charge in [-0.15, -0.1) is 0 Å². The second-order valence-electron chi connectivity index (χ2n) is 7.76. The zero-order chi connectivity index (χ0) is 21.9. The third kappa shape index (κ3) is 8.03. The van der Waals surface area contributed by atoms with Gasteiger partial charge in [0.25, 0.3) is 0 Å². The first-order valence-electron chi connectivity index (χ1n) is 10.8. The SMILES string of the molecule is COc1ccc(CCNC(=O)CN2CCN(CC(=O)NCc3ccccc3)CC2)cc1. The molecule has 1 aliphatic rings. The Morgan fingerprint density at radius 3 is 1.97 bits per heavy atom. The van der Waals surface area contributed by atoms with E-state index in [9.17, 15) is 9.59 Å². The minimum atomic E-state index is 0.0357. The van der Waals surface area contributed by atoms with E-state index in [1.165, 1.54) is 5.56 Å². The zero-order valence-corrected chi connectivity index (χ0v) is 18.2. The van der Waals surface area contributed by atoms with E-state index in [-0.39, 0.29) is 11.8 Å². The highest BCUT2D eigenvalue weighted by Crippen LogP contribution is 2.11. The Hall–Kier alpha value is -2.90. The van der Waals surface area contributed by atoms with Crippen molar-refractivity contribution in [3.05, 3.63) is 65.7 Å². The van der Waals surface area contributed by atoms with Gasteiger partial charge in [0.15, 0.2) is 0 Å². The van der Waals surface area contributed by atoms with Gasteiger partial charge in [-0.3, -0.25) is 19.4 Å². The van der Waals surface area contributed by atoms with E-state index in [2.05, 4.69) is 20.4 Å². The average Bonchev–Trinajstić information content (AvgIpc) is 2.80. The highest BCUT2D eigenvalue weighted by molar-refractivity contribution is 5.78. The van der Waals surface area contributed by atoms with Crippen LogP contribution in [0.3, 0.4) is 0 Å². The molecule has 0 aromatic heterocycles. The molecular formula is C24H32N4O3. The molecule has 2 amide bonds. The molecular weight excluding hydrogens is 392 g/mol. The molecule has 7 heteroatoms. The van der Waals surface area contributed by atoms with E-state index in [4.69, 9.17) is 4.74 Å². The van der Waals surface area contributed by atoms with Gasteiger partial charge in [0.2, 0.25) is 11.8 Å². The molecule has 3 rings (SSSR count). The molecule has 0 aliphatic carbocycles. The number of rotatable bonds is 10. The monoisotopic (exact) mass is 424 g/mol. The first-order chi connectivity index (χ1) is 15.1. The fraction of sp³-hybridized carbons (Fsp3) is 0.417. The van der Waals surface area contributed by atoms with Crippen LogP contribution >= 0.6 is 0 Å². The van der Waals surface area contributed by atoms with Gasteiger partial charge < -0.3 is 15.4 Å². The van der Waals surface area contributed by atoms with Crippen LogP contribution in [0.25, 0.3) is 0 Å². The van der Waals surface area contributed by atoms with Gasteiger partial charge >= 0.3 is 0 Å². The number of carbonyl (C=O) groups is 2. The van der Waals surface area contributed by atoms with Crippen LogP contribution < -0.4 is 15.4 Å². The summed E-state index contributed by atoms with van der Waals surface area (Å²) in [6.45, 7) is 5.12. The van der Waals surface area contributed by atoms with Crippen molar-refractivity contribution in [1.82, 2.24) is 20.4 Å². The Balaban J connectivity index is 1.27. The fourth-order valence-corrected chi connectivity index (χ4v) is 3.56. The van der Waals surface area contributed by atoms with Crippen molar-refractivity contribution in [2.45, 2.75) is 13.0 Å². The lowest BCUT2D eigenvalue weighted by molar-refractivity contribution is -0.125. The number of ether oxygens (including phenoxy) is 1. The van der Waals surface area contributed by atoms with Crippen LogP contribution in [-0.2, 0) is 22.6 Å². The van der Waals surface area contributed by atoms with Gasteiger partial charge in [-0.05, 0) is 29.7 Å². The molecule has 0 atom stereocenters. The number of benzene rings is 2. The molecule has 31 heavy (non-hydrogen) atoms. The van der Waals surface area contributed by atoms with Gasteiger partial charge in [0.05, 0.1) is 20.2 Å². The van der Waals surface area contributed by atoms with E-state index in [0.29, 0.717) is 26.2 Å². The lowest BCUT2D eigenvalue weighted by atomic mass is 10.1. The molecule has 7 nitrogen and oxygen atoms in total. The maximum Gasteiger partial charge on any atom is 0.234 e. The Morgan fingerprint density at radius 2 is 1.39 bits per heavy atom. The van der Waals surface area contributed by atoms with Crippen molar-refractivity contribution >= 4 is 11.8 Å². The lowest BCUT2D eigenvalue weighted by Crippen LogP contribution is -2.51. The lowest BCUT2D eigenvalue weighted by Gasteiger charge is -2.33. The van der Waals surface area contributed by atoms with Crippen molar-refractivity contribution < 1.29 is 14.3 Å². The Labute approximate surface area is 184 Å². The smallest absolute Gasteiger partial charge is 0.234 e. The van der Waals surface area contributed by atoms with Crippen LogP contribution in [0.4, 0.5) is 0 Å². The number of nitrogens with one attached hydrogen (secondary N) is 2. The molecule has 0 radical (unpaired) electrons. The van der Waals surface area contributed by atoms with Crippen LogP contribution in [0.1, 0.15) is 11.1 Å². The first kappa shape index (κ1) is 22.8. The van der Waals surface area contributed by atoms with E-state index in [0.717, 1.165) is 43.9 Å². The van der Waals surface area contributed by atoms with Gasteiger partial charge in [-0.2, -0.15) is 0 Å². The Bertz CT molecular complexity index is 818. The van der Waals surface area contributed by atoms with Crippen LogP contribution in [0.15, 0.2) is 54.6 Å². The van der Waals surface area contributed by atoms with Crippen LogP contribution in [0, 0.1) is 0 Å². The van der Waals surface area contributed by atoms with Crippen molar-refractivity contribution in [3.63, 3.8) is 0 Å². The Morgan fingerprint density at radius 1 is 0.806 bits per heavy atom. The summed E-state index contributed by atoms with van der Waals surface area (Å²) in [5.74, 6) is 0.914. The third-order valence-electron chi connectivity index (χ3n) is 5.43. The summed E-state index contributed by atoms with van der Waals surface area (Å²) in [5, 5.41) is 5.96. The summed E-state index contributed by atoms with van der Waals surface area (Å²) in [4.78, 5) is 28.7. The first-order valence-corrected chi connectivity index (χ1v) is 10.8. The number of carbonyl (C=O) groups excluding carboxylic acids is 2. The molecule has 1 fully saturated rings. The minimum Gasteiger partial charge on any atom is -0.497 e. The fourth-order valence-electron chi connectivity index (χ4n) is 3.56. The number of hydrogen-bond donors (Lipinski definition) is 2. The number of hydrogen-bond acceptors (Lipinski definition) is 5. The van der Waals surface area contributed by atoms with Crippen molar-refractivity contribution in [1.29, 1.82) is 0 Å². The topological polar surface area (TPSA) is 73.9 Å². The van der Waals surface area contributed by atoms with Crippen molar-refractivity contribution in [2.75, 3.05) is 52.9 Å². The summed E-state index contributed by atoms with van der Waals surface area (Å²) in [6, 6.07) is 17.8. The molecule has 0 spiro atoms. The molecule has 0 saturated carbocycles. The predicted molar refractivity (Wildman–Crippen MR) is 121 cm³/mol. The summed E-state index contributed by atoms with van der Waals surface area (Å²) in [6.07, 6.45) is 0.793. The molecule has 2 aromatic rings. The molecule has 0 unspecified atom stereocenters. The highest BCUT2D eigenvalue weighted by atomic mass is 16.5. The normalized spacial score (nSPS) is 14.7. The molecule has 1 heterocycles. The summed E-state index contributed by atoms with van der Waals surface area (Å²) in [5.41, 5.74) is 2.26. The second kappa shape index (κ2) is 12.1. The number of methoxy groups -OCH3 is 1. The number of amides is 2. The molecule has 166 valence electrons. The van der Waals surface area contributed by atoms with Crippen LogP contribution in [0.5, 0.6) is 5.75 Å². The standard InChI is InChI=1S/C24H32N4O3/c1-31-22-9-7-20(8-10-22)11-12-25-23(29)18-27-13-15-28(16-14-27)19-24(30)26-17-21-5-3-2-4-6-21/h2-10H,11-19H2,1H3,(H,25,29)(H,26,30). The summed E-state index contributed by atoms with van der Waals surface area (Å²) < 4.78 is 5.15. The molecule has 2 N–H and O–H groups in total. The molecule has 1 saturated heterocycles. The van der Waals surface area contributed by atoms with Crippen molar-refractivity contribution in [2.24, 2.45) is 0 Å². The maximum absolute atomic E-state index is 12.2. The average molecular weight is 425 g/mol. The number of nitrogens with zero attached hydrogens (tertiary/aromatic N) is 2. The van der Waals surface area contributed by atoms with E-state index in [1.54, 1.807) is 7.11 Å². The van der Waals surface area contributed by atoms with Gasteiger partial charge in [-0.1, -0.05) is 42.5 Å². The van der Waals surface area contributed by atoms with Gasteiger partial charge in [0, 0.05) is 39.3 Å².